The van der Waals surface area contributed by atoms with Crippen LogP contribution in [0.5, 0.6) is 0 Å². The second kappa shape index (κ2) is 7.19. The van der Waals surface area contributed by atoms with E-state index >= 15 is 0 Å². The summed E-state index contributed by atoms with van der Waals surface area (Å²) in [5.74, 6) is -2.05. The van der Waals surface area contributed by atoms with Crippen LogP contribution in [0.4, 0.5) is 4.39 Å². The fourth-order valence-electron chi connectivity index (χ4n) is 1.87. The van der Waals surface area contributed by atoms with Gasteiger partial charge in [-0.3, -0.25) is 4.79 Å². The number of esters is 1. The third-order valence-corrected chi connectivity index (χ3v) is 3.15. The first-order valence-corrected chi connectivity index (χ1v) is 7.08. The van der Waals surface area contributed by atoms with E-state index in [-0.39, 0.29) is 24.0 Å². The maximum Gasteiger partial charge on any atom is 0.358 e. The van der Waals surface area contributed by atoms with Crippen LogP contribution in [0.1, 0.15) is 33.6 Å². The highest BCUT2D eigenvalue weighted by atomic mass is 35.5. The van der Waals surface area contributed by atoms with Gasteiger partial charge in [0.1, 0.15) is 5.15 Å². The van der Waals surface area contributed by atoms with Crippen LogP contribution in [0.15, 0.2) is 18.5 Å². The zero-order valence-electron chi connectivity index (χ0n) is 12.5. The predicted octanol–water partition coefficient (Wildman–Crippen LogP) is 2.05. The molecule has 0 saturated carbocycles. The minimum atomic E-state index is -0.776. The maximum atomic E-state index is 13.7. The van der Waals surface area contributed by atoms with Gasteiger partial charge < -0.3 is 14.6 Å². The Morgan fingerprint density at radius 2 is 2.13 bits per heavy atom. The number of ether oxygens (including phenoxy) is 1. The highest BCUT2D eigenvalue weighted by Gasteiger charge is 2.22. The molecule has 2 heterocycles. The quantitative estimate of drug-likeness (QED) is 0.664. The molecule has 0 bridgehead atoms. The van der Waals surface area contributed by atoms with Crippen molar-refractivity contribution in [3.63, 3.8) is 0 Å². The molecule has 0 radical (unpaired) electrons. The summed E-state index contributed by atoms with van der Waals surface area (Å²) >= 11 is 5.68. The lowest BCUT2D eigenvalue weighted by Crippen LogP contribution is -2.29. The van der Waals surface area contributed by atoms with E-state index in [1.165, 1.54) is 24.3 Å². The first kappa shape index (κ1) is 16.9. The van der Waals surface area contributed by atoms with Gasteiger partial charge in [-0.1, -0.05) is 11.6 Å². The van der Waals surface area contributed by atoms with Crippen LogP contribution in [0.25, 0.3) is 0 Å². The smallest absolute Gasteiger partial charge is 0.358 e. The summed E-state index contributed by atoms with van der Waals surface area (Å²) in [6.45, 7) is 1.88. The molecule has 1 N–H and O–H groups in total. The molecule has 7 nitrogen and oxygen atoms in total. The van der Waals surface area contributed by atoms with Crippen molar-refractivity contribution in [3.8, 4) is 0 Å². The Kier molecular flexibility index (Phi) is 5.28. The molecular weight excluding hydrogens is 327 g/mol. The van der Waals surface area contributed by atoms with Crippen LogP contribution < -0.4 is 0 Å². The number of amides is 1. The molecule has 2 rings (SSSR count). The number of pyridine rings is 1. The van der Waals surface area contributed by atoms with E-state index < -0.39 is 23.4 Å². The standard InChI is InChI=1S/C14H14ClFN4O3/c1-3-23-14(22)12-9(17-7-18-12)6-20(2)13(21)11-8(16)4-5-10(15)19-11/h4-5,7H,3,6H2,1-2H3,(H,17,18). The van der Waals surface area contributed by atoms with Crippen LogP contribution in [0.3, 0.4) is 0 Å². The number of rotatable bonds is 5. The number of H-pyrrole nitrogens is 1. The van der Waals surface area contributed by atoms with E-state index in [2.05, 4.69) is 15.0 Å². The van der Waals surface area contributed by atoms with Crippen LogP contribution >= 0.6 is 11.6 Å². The summed E-state index contributed by atoms with van der Waals surface area (Å²) in [6, 6.07) is 2.32. The van der Waals surface area contributed by atoms with E-state index in [0.717, 1.165) is 6.07 Å². The Morgan fingerprint density at radius 3 is 2.83 bits per heavy atom. The summed E-state index contributed by atoms with van der Waals surface area (Å²) in [5.41, 5.74) is 0.0601. The molecule has 9 heteroatoms. The van der Waals surface area contributed by atoms with E-state index in [9.17, 15) is 14.0 Å². The van der Waals surface area contributed by atoms with Gasteiger partial charge in [-0.15, -0.1) is 0 Å². The number of aromatic amines is 1. The fraction of sp³-hybridized carbons (Fsp3) is 0.286. The van der Waals surface area contributed by atoms with Gasteiger partial charge in [-0.05, 0) is 19.1 Å². The van der Waals surface area contributed by atoms with E-state index in [4.69, 9.17) is 16.3 Å². The number of hydrogen-bond donors (Lipinski definition) is 1. The topological polar surface area (TPSA) is 88.2 Å². The number of halogens is 2. The van der Waals surface area contributed by atoms with Crippen molar-refractivity contribution in [1.82, 2.24) is 19.9 Å². The molecule has 23 heavy (non-hydrogen) atoms. The number of aromatic nitrogens is 3. The molecule has 1 amide bonds. The van der Waals surface area contributed by atoms with E-state index in [1.54, 1.807) is 6.92 Å². The number of nitrogens with zero attached hydrogens (tertiary/aromatic N) is 3. The van der Waals surface area contributed by atoms with Crippen LogP contribution in [0.2, 0.25) is 5.15 Å². The van der Waals surface area contributed by atoms with Gasteiger partial charge in [-0.25, -0.2) is 19.2 Å². The molecule has 0 aliphatic carbocycles. The van der Waals surface area contributed by atoms with Gasteiger partial charge in [0.2, 0.25) is 0 Å². The largest absolute Gasteiger partial charge is 0.461 e. The molecule has 0 unspecified atom stereocenters. The lowest BCUT2D eigenvalue weighted by molar-refractivity contribution is 0.0515. The zero-order valence-corrected chi connectivity index (χ0v) is 13.2. The highest BCUT2D eigenvalue weighted by Crippen LogP contribution is 2.14. The average molecular weight is 341 g/mol. The molecule has 0 fully saturated rings. The third-order valence-electron chi connectivity index (χ3n) is 2.94. The van der Waals surface area contributed by atoms with Gasteiger partial charge in [0.25, 0.3) is 5.91 Å². The van der Waals surface area contributed by atoms with Gasteiger partial charge in [0.15, 0.2) is 17.2 Å². The van der Waals surface area contributed by atoms with Crippen molar-refractivity contribution in [2.75, 3.05) is 13.7 Å². The predicted molar refractivity (Wildman–Crippen MR) is 79.5 cm³/mol. The first-order valence-electron chi connectivity index (χ1n) is 6.71. The van der Waals surface area contributed by atoms with Crippen molar-refractivity contribution in [2.24, 2.45) is 0 Å². The molecule has 0 saturated heterocycles. The van der Waals surface area contributed by atoms with Crippen molar-refractivity contribution >= 4 is 23.5 Å². The summed E-state index contributed by atoms with van der Waals surface area (Å²) in [5, 5.41) is 0.0110. The number of hydrogen-bond acceptors (Lipinski definition) is 5. The Balaban J connectivity index is 2.18. The van der Waals surface area contributed by atoms with Gasteiger partial charge in [0.05, 0.1) is 25.2 Å². The Morgan fingerprint density at radius 1 is 1.39 bits per heavy atom. The lowest BCUT2D eigenvalue weighted by Gasteiger charge is -2.16. The molecular formula is C14H14ClFN4O3. The number of carbonyl (C=O) groups excluding carboxylic acids is 2. The summed E-state index contributed by atoms with van der Waals surface area (Å²) < 4.78 is 18.6. The van der Waals surface area contributed by atoms with E-state index in [0.29, 0.717) is 5.69 Å². The normalized spacial score (nSPS) is 10.4. The molecule has 0 aromatic carbocycles. The zero-order chi connectivity index (χ0) is 17.0. The lowest BCUT2D eigenvalue weighted by atomic mass is 10.2. The summed E-state index contributed by atoms with van der Waals surface area (Å²) in [7, 11) is 1.44. The third kappa shape index (κ3) is 3.84. The molecule has 2 aromatic rings. The van der Waals surface area contributed by atoms with Crippen molar-refractivity contribution in [1.29, 1.82) is 0 Å². The minimum Gasteiger partial charge on any atom is -0.461 e. The van der Waals surface area contributed by atoms with Crippen molar-refractivity contribution in [2.45, 2.75) is 13.5 Å². The van der Waals surface area contributed by atoms with Gasteiger partial charge >= 0.3 is 5.97 Å². The number of carbonyl (C=O) groups is 2. The molecule has 0 spiro atoms. The highest BCUT2D eigenvalue weighted by molar-refractivity contribution is 6.29. The monoisotopic (exact) mass is 340 g/mol. The van der Waals surface area contributed by atoms with Crippen LogP contribution in [-0.2, 0) is 11.3 Å². The average Bonchev–Trinajstić information content (AvgIpc) is 2.97. The molecule has 0 atom stereocenters. The van der Waals surface area contributed by atoms with E-state index in [1.807, 2.05) is 0 Å². The Hall–Kier alpha value is -2.48. The SMILES string of the molecule is CCOC(=O)c1nc[nH]c1CN(C)C(=O)c1nc(Cl)ccc1F. The number of imidazole rings is 1. The molecule has 0 aliphatic rings. The Labute approximate surface area is 136 Å². The Bertz CT molecular complexity index is 735. The second-order valence-electron chi connectivity index (χ2n) is 4.58. The first-order chi connectivity index (χ1) is 10.9. The second-order valence-corrected chi connectivity index (χ2v) is 4.96. The van der Waals surface area contributed by atoms with Crippen molar-refractivity contribution < 1.29 is 18.7 Å². The number of nitrogens with one attached hydrogen (secondary N) is 1. The van der Waals surface area contributed by atoms with Gasteiger partial charge in [-0.2, -0.15) is 0 Å². The fourth-order valence-corrected chi connectivity index (χ4v) is 2.02. The summed E-state index contributed by atoms with van der Waals surface area (Å²) in [6.07, 6.45) is 1.32. The molecule has 2 aromatic heterocycles. The van der Waals surface area contributed by atoms with Crippen molar-refractivity contribution in [3.05, 3.63) is 46.5 Å². The molecule has 0 aliphatic heterocycles. The maximum absolute atomic E-state index is 13.7. The molecule has 122 valence electrons. The minimum absolute atomic E-state index is 0.000609. The van der Waals surface area contributed by atoms with Gasteiger partial charge in [0, 0.05) is 7.05 Å². The van der Waals surface area contributed by atoms with Crippen LogP contribution in [-0.4, -0.2) is 45.4 Å². The van der Waals surface area contributed by atoms with Crippen LogP contribution in [0, 0.1) is 5.82 Å². The summed E-state index contributed by atoms with van der Waals surface area (Å²) in [4.78, 5) is 35.5.